The molecule has 1 aromatic carbocycles. The van der Waals surface area contributed by atoms with Gasteiger partial charge in [0.2, 0.25) is 0 Å². The van der Waals surface area contributed by atoms with Crippen molar-refractivity contribution >= 4 is 17.3 Å². The van der Waals surface area contributed by atoms with E-state index in [0.717, 1.165) is 11.3 Å². The second kappa shape index (κ2) is 5.25. The monoisotopic (exact) mass is 251 g/mol. The van der Waals surface area contributed by atoms with Crippen LogP contribution in [0.5, 0.6) is 0 Å². The number of nitrogens with one attached hydrogen (secondary N) is 1. The van der Waals surface area contributed by atoms with Crippen LogP contribution < -0.4 is 5.32 Å². The molecule has 0 amide bonds. The Morgan fingerprint density at radius 2 is 2.18 bits per heavy atom. The third-order valence-corrected chi connectivity index (χ3v) is 3.03. The molecule has 0 bridgehead atoms. The quantitative estimate of drug-likeness (QED) is 0.876. The number of halogens is 1. The van der Waals surface area contributed by atoms with Gasteiger partial charge in [-0.1, -0.05) is 17.7 Å². The van der Waals surface area contributed by atoms with Gasteiger partial charge in [0.05, 0.1) is 6.26 Å². The first-order chi connectivity index (χ1) is 8.18. The van der Waals surface area contributed by atoms with E-state index >= 15 is 0 Å². The fraction of sp³-hybridized carbons (Fsp3) is 0.231. The molecule has 0 aliphatic heterocycles. The molecular weight excluding hydrogens is 238 g/mol. The van der Waals surface area contributed by atoms with Gasteiger partial charge in [-0.3, -0.25) is 0 Å². The maximum absolute atomic E-state index is 9.84. The number of furan rings is 1. The number of anilines is 1. The standard InChI is InChI=1S/C13H14ClNO2/c1-9-10(14)4-2-5-11(9)15-8-12(16)13-6-3-7-17-13/h2-7,12,15-16H,8H2,1H3. The molecule has 90 valence electrons. The molecule has 1 atom stereocenters. The Balaban J connectivity index is 2.00. The van der Waals surface area contributed by atoms with Gasteiger partial charge in [-0.25, -0.2) is 0 Å². The summed E-state index contributed by atoms with van der Waals surface area (Å²) >= 11 is 6.01. The predicted molar refractivity (Wildman–Crippen MR) is 68.3 cm³/mol. The third kappa shape index (κ3) is 2.81. The summed E-state index contributed by atoms with van der Waals surface area (Å²) in [7, 11) is 0. The summed E-state index contributed by atoms with van der Waals surface area (Å²) in [5, 5.41) is 13.7. The van der Waals surface area contributed by atoms with Gasteiger partial charge in [0.1, 0.15) is 11.9 Å². The van der Waals surface area contributed by atoms with Crippen molar-refractivity contribution in [2.24, 2.45) is 0 Å². The number of rotatable bonds is 4. The Labute approximate surface area is 105 Å². The van der Waals surface area contributed by atoms with Crippen LogP contribution in [0.25, 0.3) is 0 Å². The van der Waals surface area contributed by atoms with Crippen LogP contribution in [0, 0.1) is 6.92 Å². The highest BCUT2D eigenvalue weighted by atomic mass is 35.5. The van der Waals surface area contributed by atoms with Crippen molar-refractivity contribution in [3.63, 3.8) is 0 Å². The Morgan fingerprint density at radius 1 is 1.35 bits per heavy atom. The zero-order valence-electron chi connectivity index (χ0n) is 9.48. The second-order valence-electron chi connectivity index (χ2n) is 3.82. The molecule has 3 nitrogen and oxygen atoms in total. The molecule has 1 heterocycles. The number of aliphatic hydroxyl groups is 1. The Morgan fingerprint density at radius 3 is 2.88 bits per heavy atom. The molecule has 2 aromatic rings. The van der Waals surface area contributed by atoms with Crippen LogP contribution >= 0.6 is 11.6 Å². The van der Waals surface area contributed by atoms with E-state index in [9.17, 15) is 5.11 Å². The van der Waals surface area contributed by atoms with Crippen molar-refractivity contribution in [3.8, 4) is 0 Å². The van der Waals surface area contributed by atoms with Gasteiger partial charge >= 0.3 is 0 Å². The van der Waals surface area contributed by atoms with Gasteiger partial charge in [0.25, 0.3) is 0 Å². The highest BCUT2D eigenvalue weighted by molar-refractivity contribution is 6.31. The second-order valence-corrected chi connectivity index (χ2v) is 4.23. The smallest absolute Gasteiger partial charge is 0.134 e. The van der Waals surface area contributed by atoms with E-state index in [1.54, 1.807) is 18.4 Å². The Kier molecular flexibility index (Phi) is 3.71. The van der Waals surface area contributed by atoms with Crippen LogP contribution in [0.1, 0.15) is 17.4 Å². The third-order valence-electron chi connectivity index (χ3n) is 2.63. The van der Waals surface area contributed by atoms with Crippen molar-refractivity contribution in [2.45, 2.75) is 13.0 Å². The fourth-order valence-corrected chi connectivity index (χ4v) is 1.76. The van der Waals surface area contributed by atoms with Crippen molar-refractivity contribution in [2.75, 3.05) is 11.9 Å². The molecule has 0 aliphatic carbocycles. The number of hydrogen-bond donors (Lipinski definition) is 2. The average molecular weight is 252 g/mol. The fourth-order valence-electron chi connectivity index (χ4n) is 1.59. The van der Waals surface area contributed by atoms with E-state index in [1.807, 2.05) is 25.1 Å². The highest BCUT2D eigenvalue weighted by Gasteiger charge is 2.10. The van der Waals surface area contributed by atoms with E-state index < -0.39 is 6.10 Å². The SMILES string of the molecule is Cc1c(Cl)cccc1NCC(O)c1ccco1. The summed E-state index contributed by atoms with van der Waals surface area (Å²) in [6.45, 7) is 2.32. The van der Waals surface area contributed by atoms with Crippen molar-refractivity contribution in [1.82, 2.24) is 0 Å². The summed E-state index contributed by atoms with van der Waals surface area (Å²) in [4.78, 5) is 0. The van der Waals surface area contributed by atoms with E-state index in [0.29, 0.717) is 17.3 Å². The lowest BCUT2D eigenvalue weighted by atomic mass is 10.2. The summed E-state index contributed by atoms with van der Waals surface area (Å²) in [5.41, 5.74) is 1.89. The highest BCUT2D eigenvalue weighted by Crippen LogP contribution is 2.23. The molecule has 0 radical (unpaired) electrons. The van der Waals surface area contributed by atoms with Crippen molar-refractivity contribution < 1.29 is 9.52 Å². The molecule has 0 aliphatic rings. The van der Waals surface area contributed by atoms with Gasteiger partial charge in [0.15, 0.2) is 0 Å². The first kappa shape index (κ1) is 12.0. The summed E-state index contributed by atoms with van der Waals surface area (Å²) in [5.74, 6) is 0.553. The van der Waals surface area contributed by atoms with Gasteiger partial charge in [-0.2, -0.15) is 0 Å². The average Bonchev–Trinajstić information content (AvgIpc) is 2.84. The first-order valence-corrected chi connectivity index (χ1v) is 5.76. The predicted octanol–water partition coefficient (Wildman–Crippen LogP) is 3.39. The zero-order valence-corrected chi connectivity index (χ0v) is 10.2. The number of hydrogen-bond acceptors (Lipinski definition) is 3. The molecule has 4 heteroatoms. The van der Waals surface area contributed by atoms with Gasteiger partial charge < -0.3 is 14.8 Å². The minimum absolute atomic E-state index is 0.384. The molecule has 2 rings (SSSR count). The minimum atomic E-state index is -0.664. The van der Waals surface area contributed by atoms with Crippen LogP contribution in [0.4, 0.5) is 5.69 Å². The number of aliphatic hydroxyl groups excluding tert-OH is 1. The minimum Gasteiger partial charge on any atom is -0.467 e. The summed E-state index contributed by atoms with van der Waals surface area (Å²) in [6.07, 6.45) is 0.881. The van der Waals surface area contributed by atoms with Crippen LogP contribution in [-0.4, -0.2) is 11.7 Å². The summed E-state index contributed by atoms with van der Waals surface area (Å²) < 4.78 is 5.12. The van der Waals surface area contributed by atoms with Crippen LogP contribution in [0.3, 0.4) is 0 Å². The van der Waals surface area contributed by atoms with Crippen LogP contribution in [0.15, 0.2) is 41.0 Å². The lowest BCUT2D eigenvalue weighted by Crippen LogP contribution is -2.12. The zero-order chi connectivity index (χ0) is 12.3. The molecule has 17 heavy (non-hydrogen) atoms. The maximum atomic E-state index is 9.84. The van der Waals surface area contributed by atoms with Crippen molar-refractivity contribution in [1.29, 1.82) is 0 Å². The first-order valence-electron chi connectivity index (χ1n) is 5.39. The Hall–Kier alpha value is -1.45. The summed E-state index contributed by atoms with van der Waals surface area (Å²) in [6, 6.07) is 9.14. The van der Waals surface area contributed by atoms with E-state index in [4.69, 9.17) is 16.0 Å². The van der Waals surface area contributed by atoms with Gasteiger partial charge in [-0.05, 0) is 36.8 Å². The molecule has 0 saturated carbocycles. The lowest BCUT2D eigenvalue weighted by Gasteiger charge is -2.13. The van der Waals surface area contributed by atoms with Gasteiger partial charge in [0, 0.05) is 17.3 Å². The van der Waals surface area contributed by atoms with Crippen LogP contribution in [0.2, 0.25) is 5.02 Å². The Bertz CT molecular complexity index is 482. The molecule has 2 N–H and O–H groups in total. The molecule has 0 saturated heterocycles. The number of benzene rings is 1. The van der Waals surface area contributed by atoms with E-state index in [2.05, 4.69) is 5.32 Å². The van der Waals surface area contributed by atoms with Crippen LogP contribution in [-0.2, 0) is 0 Å². The topological polar surface area (TPSA) is 45.4 Å². The van der Waals surface area contributed by atoms with Crippen molar-refractivity contribution in [3.05, 3.63) is 52.9 Å². The normalized spacial score (nSPS) is 12.4. The van der Waals surface area contributed by atoms with Gasteiger partial charge in [-0.15, -0.1) is 0 Å². The molecule has 0 spiro atoms. The largest absolute Gasteiger partial charge is 0.467 e. The van der Waals surface area contributed by atoms with E-state index in [1.165, 1.54) is 0 Å². The molecular formula is C13H14ClNO2. The molecule has 0 fully saturated rings. The molecule has 1 aromatic heterocycles. The lowest BCUT2D eigenvalue weighted by molar-refractivity contribution is 0.162. The maximum Gasteiger partial charge on any atom is 0.134 e. The molecule has 1 unspecified atom stereocenters. The van der Waals surface area contributed by atoms with E-state index in [-0.39, 0.29) is 0 Å².